The Morgan fingerprint density at radius 1 is 0.694 bits per heavy atom. The van der Waals surface area contributed by atoms with Gasteiger partial charge in [-0.25, -0.2) is 0 Å². The van der Waals surface area contributed by atoms with Crippen molar-refractivity contribution >= 4 is 94.8 Å². The number of amides is 10. The summed E-state index contributed by atoms with van der Waals surface area (Å²) in [6.07, 6.45) is 4.61. The van der Waals surface area contributed by atoms with Crippen molar-refractivity contribution in [3.8, 4) is 5.75 Å². The van der Waals surface area contributed by atoms with Crippen LogP contribution in [0.2, 0.25) is 0 Å². The number of fused-ring (bicyclic) bond motifs is 7. The highest BCUT2D eigenvalue weighted by atomic mass is 32.2. The van der Waals surface area contributed by atoms with Crippen molar-refractivity contribution in [2.75, 3.05) is 44.4 Å². The fourth-order valence-electron chi connectivity index (χ4n) is 10.2. The molecule has 0 unspecified atom stereocenters. The number of aliphatic carboxylic acids is 1. The third-order valence-electron chi connectivity index (χ3n) is 14.7. The molecule has 9 atom stereocenters. The molecule has 2 fully saturated rings. The fraction of sp³-hybridized carbons (Fsp3) is 0.679. The fourth-order valence-corrected chi connectivity index (χ4v) is 12.2. The van der Waals surface area contributed by atoms with E-state index < -0.39 is 132 Å². The van der Waals surface area contributed by atoms with Crippen LogP contribution < -0.4 is 47.7 Å². The summed E-state index contributed by atoms with van der Waals surface area (Å²) >= 11 is 2.58. The summed E-state index contributed by atoms with van der Waals surface area (Å²) in [7, 11) is 0. The Morgan fingerprint density at radius 3 is 1.92 bits per heavy atom. The Bertz CT molecular complexity index is 2580. The number of ether oxygens (including phenoxy) is 1. The number of thioether (sulfide) groups is 2. The average molecular weight is 1230 g/mol. The van der Waals surface area contributed by atoms with Gasteiger partial charge >= 0.3 is 5.97 Å². The van der Waals surface area contributed by atoms with Gasteiger partial charge in [-0.05, 0) is 119 Å². The first-order valence-electron chi connectivity index (χ1n) is 29.2. The number of carbonyl (C=O) groups excluding carboxylic acids is 10. The number of carbonyl (C=O) groups is 11. The molecule has 1 aromatic rings. The molecule has 0 radical (unpaired) electrons. The number of nitrogens with zero attached hydrogens (tertiary/aromatic N) is 4. The van der Waals surface area contributed by atoms with E-state index in [1.807, 2.05) is 18.2 Å². The van der Waals surface area contributed by atoms with E-state index in [9.17, 15) is 58.0 Å². The Labute approximate surface area is 503 Å². The second kappa shape index (κ2) is 34.8. The van der Waals surface area contributed by atoms with Gasteiger partial charge in [0.25, 0.3) is 5.91 Å². The lowest BCUT2D eigenvalue weighted by molar-refractivity contribution is -0.144. The van der Waals surface area contributed by atoms with Crippen molar-refractivity contribution in [3.05, 3.63) is 34.2 Å². The monoisotopic (exact) mass is 1230 g/mol. The molecule has 1 aromatic carbocycles. The molecule has 2 saturated heterocycles. The minimum atomic E-state index is -1.76. The normalized spacial score (nSPS) is 27.0. The number of carboxylic acids is 1. The molecule has 4 heterocycles. The maximum absolute atomic E-state index is 15.0. The summed E-state index contributed by atoms with van der Waals surface area (Å²) in [4.78, 5) is 171. The molecular weight excluding hydrogens is 1140 g/mol. The number of carboxylic acid groups (broad SMARTS) is 1. The minimum absolute atomic E-state index is 0.00594. The highest BCUT2D eigenvalue weighted by molar-refractivity contribution is 7.98. The van der Waals surface area contributed by atoms with Crippen molar-refractivity contribution in [3.63, 3.8) is 0 Å². The van der Waals surface area contributed by atoms with Crippen LogP contribution in [0.5, 0.6) is 5.75 Å². The number of nitrogens with two attached hydrogens (primary N) is 1. The van der Waals surface area contributed by atoms with Gasteiger partial charge in [-0.3, -0.25) is 52.7 Å². The minimum Gasteiger partial charge on any atom is -0.494 e. The predicted molar refractivity (Wildman–Crippen MR) is 316 cm³/mol. The molecule has 29 heteroatoms. The molecule has 4 aliphatic heterocycles. The summed E-state index contributed by atoms with van der Waals surface area (Å²) in [5, 5.41) is 35.2. The Hall–Kier alpha value is -7.04. The molecule has 4 aliphatic rings. The van der Waals surface area contributed by atoms with Crippen molar-refractivity contribution in [1.29, 1.82) is 0 Å². The van der Waals surface area contributed by atoms with E-state index in [0.29, 0.717) is 56.6 Å². The number of rotatable bonds is 11. The molecule has 85 heavy (non-hydrogen) atoms. The van der Waals surface area contributed by atoms with E-state index >= 15 is 4.79 Å². The molecule has 4 bridgehead atoms. The Balaban J connectivity index is 1.55. The number of hydrogen-bond acceptors (Lipinski definition) is 18. The SMILES string of the molecule is CC(C)C[C@@H]1NC(=O)[C@@H]2CCCN2C(=O)[C@@H]2CSCc3cc(cc(c3)OCCCCCCO/N=C/C(=O)N[C@@H](CCCCN=O)C(=O)N2)CSC[C@@H](C(N)=O)NC(=O)[C@H](C)NC(=O)[C@@H]2CCCN2C(=O)[C@H](C(C)C)NC(=O)[C@H](CC(=O)O)NC1=O. The smallest absolute Gasteiger partial charge is 0.305 e. The van der Waals surface area contributed by atoms with Gasteiger partial charge in [0.05, 0.1) is 19.6 Å². The molecule has 10 N–H and O–H groups in total. The predicted octanol–water partition coefficient (Wildman–Crippen LogP) is 1.12. The summed E-state index contributed by atoms with van der Waals surface area (Å²) in [5.41, 5.74) is 7.34. The van der Waals surface area contributed by atoms with Crippen molar-refractivity contribution in [2.45, 2.75) is 184 Å². The van der Waals surface area contributed by atoms with Gasteiger partial charge in [-0.15, -0.1) is 0 Å². The van der Waals surface area contributed by atoms with Gasteiger partial charge in [-0.1, -0.05) is 44.1 Å². The van der Waals surface area contributed by atoms with Crippen molar-refractivity contribution in [2.24, 2.45) is 27.9 Å². The van der Waals surface area contributed by atoms with E-state index in [4.69, 9.17) is 15.3 Å². The topological polar surface area (TPSA) is 385 Å². The number of primary amides is 1. The van der Waals surface area contributed by atoms with Crippen LogP contribution in [0.15, 0.2) is 28.5 Å². The molecule has 470 valence electrons. The van der Waals surface area contributed by atoms with Crippen LogP contribution >= 0.6 is 23.5 Å². The molecule has 5 rings (SSSR count). The second-order valence-electron chi connectivity index (χ2n) is 22.5. The number of benzene rings is 1. The van der Waals surface area contributed by atoms with E-state index in [1.54, 1.807) is 27.7 Å². The van der Waals surface area contributed by atoms with E-state index in [0.717, 1.165) is 30.2 Å². The summed E-state index contributed by atoms with van der Waals surface area (Å²) in [6, 6.07) is -5.97. The third-order valence-corrected chi connectivity index (χ3v) is 16.9. The third kappa shape index (κ3) is 22.1. The largest absolute Gasteiger partial charge is 0.494 e. The van der Waals surface area contributed by atoms with Crippen LogP contribution in [-0.2, 0) is 69.1 Å². The van der Waals surface area contributed by atoms with Crippen LogP contribution in [0, 0.1) is 16.7 Å². The van der Waals surface area contributed by atoms with Gasteiger partial charge in [-0.2, -0.15) is 28.4 Å². The maximum Gasteiger partial charge on any atom is 0.305 e. The molecular formula is C56H84N12O15S2. The van der Waals surface area contributed by atoms with Crippen LogP contribution in [0.25, 0.3) is 0 Å². The van der Waals surface area contributed by atoms with Gasteiger partial charge in [0.1, 0.15) is 72.9 Å². The lowest BCUT2D eigenvalue weighted by Crippen LogP contribution is -2.61. The van der Waals surface area contributed by atoms with Crippen LogP contribution in [0.3, 0.4) is 0 Å². The molecule has 27 nitrogen and oxygen atoms in total. The summed E-state index contributed by atoms with van der Waals surface area (Å²) < 4.78 is 6.25. The van der Waals surface area contributed by atoms with Gasteiger partial charge in [0.2, 0.25) is 53.2 Å². The number of hydrogen-bond donors (Lipinski definition) is 9. The maximum atomic E-state index is 15.0. The second-order valence-corrected chi connectivity index (χ2v) is 24.5. The number of oxime groups is 1. The zero-order chi connectivity index (χ0) is 62.2. The zero-order valence-corrected chi connectivity index (χ0v) is 50.7. The number of nitroso groups, excluding NO2 is 1. The standard InChI is InChI=1S/C56H84N12O15S2/c1-32(2)22-39-51(75)62-40(26-46(70)71)52(76)66-47(33(3)4)56(80)68-19-13-15-43(68)53(77)60-34(5)49(73)64-41(48(57)72)30-84-28-35-23-36-25-37(24-35)82-20-10-6-7-11-21-83-59-27-45(69)61-38(14-8-9-17-58-81)50(74)65-42(31-85-29-36)55(79)67-18-12-16-44(67)54(78)63-39/h23-25,27,32-34,38-44,47H,6-22,26,28-31H2,1-5H3,(H2,57,72)(H,60,77)(H,61,69)(H,62,75)(H,63,78)(H,64,73)(H,65,74)(H,66,76)(H,70,71)/b59-27+/t34-,38-,39-,40-,41-,42-,43-,44-,47-/m0/s1. The van der Waals surface area contributed by atoms with Crippen LogP contribution in [0.4, 0.5) is 0 Å². The quantitative estimate of drug-likeness (QED) is 0.111. The molecule has 0 aliphatic carbocycles. The number of nitrogens with one attached hydrogen (secondary N) is 7. The van der Waals surface area contributed by atoms with Crippen LogP contribution in [0.1, 0.15) is 129 Å². The molecule has 0 spiro atoms. The lowest BCUT2D eigenvalue weighted by atomic mass is 10.00. The Morgan fingerprint density at radius 2 is 1.29 bits per heavy atom. The van der Waals surface area contributed by atoms with Gasteiger partial charge in [0.15, 0.2) is 0 Å². The Kier molecular flexibility index (Phi) is 28.1. The van der Waals surface area contributed by atoms with Crippen LogP contribution in [-0.4, -0.2) is 185 Å². The molecule has 0 saturated carbocycles. The summed E-state index contributed by atoms with van der Waals surface area (Å²) in [5.74, 6) is -8.97. The molecule has 0 aromatic heterocycles. The summed E-state index contributed by atoms with van der Waals surface area (Å²) in [6.45, 7) is 8.94. The first-order chi connectivity index (χ1) is 40.6. The van der Waals surface area contributed by atoms with Gasteiger partial charge in [0, 0.05) is 36.1 Å². The van der Waals surface area contributed by atoms with Crippen molar-refractivity contribution in [1.82, 2.24) is 47.0 Å². The van der Waals surface area contributed by atoms with E-state index in [1.165, 1.54) is 40.2 Å². The van der Waals surface area contributed by atoms with Gasteiger partial charge < -0.3 is 67.4 Å². The number of unbranched alkanes of at least 4 members (excludes halogenated alkanes) is 1. The highest BCUT2D eigenvalue weighted by Gasteiger charge is 2.43. The van der Waals surface area contributed by atoms with Crippen molar-refractivity contribution < 1.29 is 67.4 Å². The first kappa shape index (κ1) is 68.7. The van der Waals surface area contributed by atoms with E-state index in [-0.39, 0.29) is 75.1 Å². The lowest BCUT2D eigenvalue weighted by Gasteiger charge is -2.32. The van der Waals surface area contributed by atoms with E-state index in [2.05, 4.69) is 47.6 Å². The average Bonchev–Trinajstić information content (AvgIpc) is 3.78. The zero-order valence-electron chi connectivity index (χ0n) is 49.1. The molecule has 10 amide bonds. The first-order valence-corrected chi connectivity index (χ1v) is 31.5. The highest BCUT2D eigenvalue weighted by Crippen LogP contribution is 2.27.